The summed E-state index contributed by atoms with van der Waals surface area (Å²) in [5.74, 6) is -0.0210. The summed E-state index contributed by atoms with van der Waals surface area (Å²) in [6.07, 6.45) is 0.423. The van der Waals surface area contributed by atoms with Gasteiger partial charge in [-0.15, -0.1) is 0 Å². The van der Waals surface area contributed by atoms with Gasteiger partial charge in [0.05, 0.1) is 13.2 Å². The minimum atomic E-state index is -0.553. The van der Waals surface area contributed by atoms with E-state index in [2.05, 4.69) is 15.5 Å². The van der Waals surface area contributed by atoms with Crippen molar-refractivity contribution in [1.29, 1.82) is 0 Å². The average molecular weight is 320 g/mol. The third-order valence-electron chi connectivity index (χ3n) is 3.55. The van der Waals surface area contributed by atoms with E-state index in [-0.39, 0.29) is 19.1 Å². The van der Waals surface area contributed by atoms with Crippen LogP contribution in [0.5, 0.6) is 0 Å². The Kier molecular flexibility index (Phi) is 13.4. The quantitative estimate of drug-likeness (QED) is 0.228. The second-order valence-corrected chi connectivity index (χ2v) is 5.15. The predicted octanol–water partition coefficient (Wildman–Crippen LogP) is -2.36. The summed E-state index contributed by atoms with van der Waals surface area (Å²) in [6, 6.07) is 0. The largest absolute Gasteiger partial charge is 0.395 e. The van der Waals surface area contributed by atoms with Gasteiger partial charge >= 0.3 is 0 Å². The first-order chi connectivity index (χ1) is 10.6. The summed E-state index contributed by atoms with van der Waals surface area (Å²) in [5, 5.41) is 33.1. The summed E-state index contributed by atoms with van der Waals surface area (Å²) in [6.45, 7) is 3.84. The highest BCUT2D eigenvalue weighted by Gasteiger charge is 2.11. The number of carbonyl (C=O) groups excluding carboxylic acids is 1. The van der Waals surface area contributed by atoms with E-state index in [1.165, 1.54) is 0 Å². The van der Waals surface area contributed by atoms with Gasteiger partial charge in [0.1, 0.15) is 6.23 Å². The van der Waals surface area contributed by atoms with Crippen LogP contribution in [0.4, 0.5) is 0 Å². The Hall–Kier alpha value is -0.770. The second kappa shape index (κ2) is 13.9. The summed E-state index contributed by atoms with van der Waals surface area (Å²) < 4.78 is 0. The number of nitrogens with one attached hydrogen (secondary N) is 2. The van der Waals surface area contributed by atoms with E-state index in [1.807, 2.05) is 4.90 Å². The van der Waals surface area contributed by atoms with Crippen molar-refractivity contribution in [2.45, 2.75) is 19.1 Å². The molecule has 8 heteroatoms. The van der Waals surface area contributed by atoms with Gasteiger partial charge in [0.15, 0.2) is 0 Å². The Balaban J connectivity index is 4.20. The maximum Gasteiger partial charge on any atom is 0.221 e. The van der Waals surface area contributed by atoms with Crippen molar-refractivity contribution in [3.63, 3.8) is 0 Å². The molecule has 0 aromatic heterocycles. The van der Waals surface area contributed by atoms with Crippen molar-refractivity contribution in [1.82, 2.24) is 20.4 Å². The van der Waals surface area contributed by atoms with Crippen LogP contribution in [0, 0.1) is 0 Å². The van der Waals surface area contributed by atoms with Crippen molar-refractivity contribution in [3.05, 3.63) is 0 Å². The lowest BCUT2D eigenvalue weighted by molar-refractivity contribution is -0.121. The van der Waals surface area contributed by atoms with Crippen LogP contribution in [0.25, 0.3) is 0 Å². The van der Waals surface area contributed by atoms with Crippen LogP contribution in [0.1, 0.15) is 12.8 Å². The Bertz CT molecular complexity index is 282. The fourth-order valence-corrected chi connectivity index (χ4v) is 2.07. The Morgan fingerprint density at radius 1 is 0.955 bits per heavy atom. The van der Waals surface area contributed by atoms with Gasteiger partial charge in [0.25, 0.3) is 0 Å². The van der Waals surface area contributed by atoms with Crippen molar-refractivity contribution in [3.8, 4) is 0 Å². The van der Waals surface area contributed by atoms with Crippen molar-refractivity contribution in [2.75, 3.05) is 66.6 Å². The van der Waals surface area contributed by atoms with Crippen molar-refractivity contribution in [2.24, 2.45) is 0 Å². The number of aliphatic hydroxyl groups excluding tert-OH is 3. The molecule has 1 amide bonds. The normalized spacial score (nSPS) is 12.9. The van der Waals surface area contributed by atoms with Gasteiger partial charge in [-0.1, -0.05) is 0 Å². The molecule has 132 valence electrons. The summed E-state index contributed by atoms with van der Waals surface area (Å²) in [7, 11) is 3.30. The van der Waals surface area contributed by atoms with Gasteiger partial charge in [-0.25, -0.2) is 0 Å². The van der Waals surface area contributed by atoms with Crippen LogP contribution in [0.2, 0.25) is 0 Å². The molecule has 0 aliphatic heterocycles. The van der Waals surface area contributed by atoms with Crippen LogP contribution in [0.3, 0.4) is 0 Å². The first-order valence-electron chi connectivity index (χ1n) is 7.79. The highest BCUT2D eigenvalue weighted by Crippen LogP contribution is 1.98. The number of aliphatic hydroxyl groups is 3. The lowest BCUT2D eigenvalue weighted by atomic mass is 10.3. The SMILES string of the molecule is CNC(=O)CCN(CCO)CCN(CCO)CCC(O)NC. The fraction of sp³-hybridized carbons (Fsp3) is 0.929. The van der Waals surface area contributed by atoms with Gasteiger partial charge in [-0.2, -0.15) is 0 Å². The van der Waals surface area contributed by atoms with Crippen LogP contribution < -0.4 is 10.6 Å². The smallest absolute Gasteiger partial charge is 0.221 e. The summed E-state index contributed by atoms with van der Waals surface area (Å²) >= 11 is 0. The number of rotatable bonds is 14. The maximum absolute atomic E-state index is 11.3. The molecule has 0 heterocycles. The fourth-order valence-electron chi connectivity index (χ4n) is 2.07. The second-order valence-electron chi connectivity index (χ2n) is 5.15. The molecule has 0 radical (unpaired) electrons. The molecule has 1 atom stereocenters. The van der Waals surface area contributed by atoms with Crippen LogP contribution in [-0.2, 0) is 4.79 Å². The zero-order chi connectivity index (χ0) is 16.8. The highest BCUT2D eigenvalue weighted by molar-refractivity contribution is 5.75. The monoisotopic (exact) mass is 320 g/mol. The molecule has 0 fully saturated rings. The topological polar surface area (TPSA) is 108 Å². The van der Waals surface area contributed by atoms with E-state index in [9.17, 15) is 9.90 Å². The Morgan fingerprint density at radius 2 is 1.50 bits per heavy atom. The number of hydrogen-bond acceptors (Lipinski definition) is 7. The maximum atomic E-state index is 11.3. The number of hydrogen-bond donors (Lipinski definition) is 5. The van der Waals surface area contributed by atoms with E-state index >= 15 is 0 Å². The minimum Gasteiger partial charge on any atom is -0.395 e. The molecule has 0 saturated carbocycles. The first kappa shape index (κ1) is 21.2. The average Bonchev–Trinajstić information content (AvgIpc) is 2.53. The standard InChI is InChI=1S/C14H32N4O4/c1-15-13(21)3-5-17(9-11-19)7-8-18(10-12-20)6-4-14(22)16-2/h13,15,19-21H,3-12H2,1-2H3,(H,16,22). The van der Waals surface area contributed by atoms with Gasteiger partial charge in [-0.3, -0.25) is 19.9 Å². The molecule has 0 aliphatic rings. The number of nitrogens with zero attached hydrogens (tertiary/aromatic N) is 2. The molecule has 0 rings (SSSR count). The lowest BCUT2D eigenvalue weighted by Crippen LogP contribution is -2.41. The summed E-state index contributed by atoms with van der Waals surface area (Å²) in [4.78, 5) is 15.4. The van der Waals surface area contributed by atoms with Gasteiger partial charge in [0, 0.05) is 52.7 Å². The number of amides is 1. The first-order valence-corrected chi connectivity index (χ1v) is 7.79. The van der Waals surface area contributed by atoms with Gasteiger partial charge in [-0.05, 0) is 13.5 Å². The molecule has 22 heavy (non-hydrogen) atoms. The molecule has 0 aromatic rings. The molecule has 0 saturated heterocycles. The van der Waals surface area contributed by atoms with Gasteiger partial charge in [0.2, 0.25) is 5.91 Å². The minimum absolute atomic E-state index is 0.0210. The van der Waals surface area contributed by atoms with E-state index in [4.69, 9.17) is 10.2 Å². The van der Waals surface area contributed by atoms with Crippen molar-refractivity contribution < 1.29 is 20.1 Å². The molecule has 0 spiro atoms. The zero-order valence-corrected chi connectivity index (χ0v) is 13.8. The molecule has 0 aliphatic carbocycles. The van der Waals surface area contributed by atoms with Crippen LogP contribution in [-0.4, -0.2) is 104 Å². The molecular formula is C14H32N4O4. The molecule has 8 nitrogen and oxygen atoms in total. The predicted molar refractivity (Wildman–Crippen MR) is 85.4 cm³/mol. The van der Waals surface area contributed by atoms with E-state index in [0.717, 1.165) is 0 Å². The van der Waals surface area contributed by atoms with E-state index in [0.29, 0.717) is 52.1 Å². The zero-order valence-electron chi connectivity index (χ0n) is 13.8. The van der Waals surface area contributed by atoms with E-state index in [1.54, 1.807) is 14.1 Å². The van der Waals surface area contributed by atoms with Crippen LogP contribution in [0.15, 0.2) is 0 Å². The Morgan fingerprint density at radius 3 is 1.95 bits per heavy atom. The van der Waals surface area contributed by atoms with Crippen molar-refractivity contribution >= 4 is 5.91 Å². The Labute approximate surface area is 133 Å². The molecular weight excluding hydrogens is 288 g/mol. The van der Waals surface area contributed by atoms with E-state index < -0.39 is 6.23 Å². The third-order valence-corrected chi connectivity index (χ3v) is 3.55. The third kappa shape index (κ3) is 10.9. The number of carbonyl (C=O) groups is 1. The lowest BCUT2D eigenvalue weighted by Gasteiger charge is -2.27. The molecule has 1 unspecified atom stereocenters. The van der Waals surface area contributed by atoms with Gasteiger partial charge < -0.3 is 20.6 Å². The molecule has 0 aromatic carbocycles. The summed E-state index contributed by atoms with van der Waals surface area (Å²) in [5.41, 5.74) is 0. The molecule has 0 bridgehead atoms. The van der Waals surface area contributed by atoms with Crippen LogP contribution >= 0.6 is 0 Å². The molecule has 5 N–H and O–H groups in total. The highest BCUT2D eigenvalue weighted by atomic mass is 16.3.